The summed E-state index contributed by atoms with van der Waals surface area (Å²) in [5, 5.41) is 4.19. The summed E-state index contributed by atoms with van der Waals surface area (Å²) in [6.07, 6.45) is 7.92. The third kappa shape index (κ3) is 3.04. The van der Waals surface area contributed by atoms with E-state index in [0.29, 0.717) is 6.04 Å². The molecule has 0 aromatic carbocycles. The molecule has 0 radical (unpaired) electrons. The largest absolute Gasteiger partial charge is 0.351 e. The molecule has 1 amide bonds. The van der Waals surface area contributed by atoms with Crippen LogP contribution in [0.4, 0.5) is 0 Å². The molecule has 0 aliphatic heterocycles. The van der Waals surface area contributed by atoms with Gasteiger partial charge in [-0.3, -0.25) is 4.79 Å². The molecule has 1 fully saturated rings. The van der Waals surface area contributed by atoms with Gasteiger partial charge in [-0.05, 0) is 46.0 Å². The van der Waals surface area contributed by atoms with Gasteiger partial charge in [-0.1, -0.05) is 0 Å². The second-order valence-electron chi connectivity index (χ2n) is 5.78. The zero-order chi connectivity index (χ0) is 14.1. The highest BCUT2D eigenvalue weighted by atomic mass is 32.1. The Morgan fingerprint density at radius 1 is 1.45 bits per heavy atom. The predicted molar refractivity (Wildman–Crippen MR) is 83.6 cm³/mol. The monoisotopic (exact) mass is 291 g/mol. The van der Waals surface area contributed by atoms with Gasteiger partial charge in [0.25, 0.3) is 5.91 Å². The second-order valence-corrected chi connectivity index (χ2v) is 6.86. The Bertz CT molecular complexity index is 578. The number of amides is 1. The van der Waals surface area contributed by atoms with Crippen molar-refractivity contribution < 1.29 is 4.79 Å². The first-order valence-electron chi connectivity index (χ1n) is 7.17. The van der Waals surface area contributed by atoms with E-state index in [9.17, 15) is 4.79 Å². The van der Waals surface area contributed by atoms with Crippen LogP contribution in [-0.4, -0.2) is 42.6 Å². The van der Waals surface area contributed by atoms with Crippen LogP contribution in [0, 0.1) is 0 Å². The Hall–Kier alpha value is -1.33. The summed E-state index contributed by atoms with van der Waals surface area (Å²) in [4.78, 5) is 15.0. The molecule has 20 heavy (non-hydrogen) atoms. The minimum Gasteiger partial charge on any atom is -0.351 e. The molecule has 4 nitrogen and oxygen atoms in total. The molecule has 1 aliphatic carbocycles. The Labute approximate surface area is 123 Å². The van der Waals surface area contributed by atoms with E-state index < -0.39 is 0 Å². The average Bonchev–Trinajstić information content (AvgIpc) is 3.05. The van der Waals surface area contributed by atoms with Crippen molar-refractivity contribution in [2.45, 2.75) is 25.3 Å². The fraction of sp³-hybridized carbons (Fsp3) is 0.533. The van der Waals surface area contributed by atoms with E-state index >= 15 is 0 Å². The van der Waals surface area contributed by atoms with Crippen LogP contribution in [0.5, 0.6) is 0 Å². The van der Waals surface area contributed by atoms with Crippen molar-refractivity contribution in [3.8, 4) is 0 Å². The molecule has 0 atom stereocenters. The summed E-state index contributed by atoms with van der Waals surface area (Å²) in [5.41, 5.74) is 0. The maximum Gasteiger partial charge on any atom is 0.261 e. The van der Waals surface area contributed by atoms with E-state index in [4.69, 9.17) is 0 Å². The number of carbonyl (C=O) groups is 1. The average molecular weight is 291 g/mol. The van der Waals surface area contributed by atoms with Crippen LogP contribution >= 0.6 is 11.3 Å². The van der Waals surface area contributed by atoms with Gasteiger partial charge in [-0.25, -0.2) is 0 Å². The van der Waals surface area contributed by atoms with Gasteiger partial charge in [-0.2, -0.15) is 0 Å². The number of nitrogens with zero attached hydrogens (tertiary/aromatic N) is 2. The summed E-state index contributed by atoms with van der Waals surface area (Å²) in [5.74, 6) is 0.0583. The molecule has 0 saturated heterocycles. The minimum atomic E-state index is 0.0583. The maximum atomic E-state index is 12.1. The van der Waals surface area contributed by atoms with Crippen LogP contribution in [0.25, 0.3) is 10.1 Å². The van der Waals surface area contributed by atoms with Crippen LogP contribution in [-0.2, 0) is 0 Å². The molecular weight excluding hydrogens is 270 g/mol. The highest BCUT2D eigenvalue weighted by Crippen LogP contribution is 2.38. The molecule has 2 aromatic heterocycles. The molecule has 3 rings (SSSR count). The molecule has 108 valence electrons. The third-order valence-electron chi connectivity index (χ3n) is 3.61. The van der Waals surface area contributed by atoms with E-state index in [-0.39, 0.29) is 5.91 Å². The Kier molecular flexibility index (Phi) is 3.81. The predicted octanol–water partition coefficient (Wildman–Crippen LogP) is 2.72. The summed E-state index contributed by atoms with van der Waals surface area (Å²) in [6.45, 7) is 1.74. The first kappa shape index (κ1) is 13.6. The van der Waals surface area contributed by atoms with Crippen molar-refractivity contribution in [3.63, 3.8) is 0 Å². The number of thiophene rings is 1. The Balaban J connectivity index is 1.58. The van der Waals surface area contributed by atoms with Crippen molar-refractivity contribution in [1.29, 1.82) is 0 Å². The van der Waals surface area contributed by atoms with Gasteiger partial charge in [0, 0.05) is 30.4 Å². The molecule has 2 aromatic rings. The van der Waals surface area contributed by atoms with Gasteiger partial charge in [-0.15, -0.1) is 11.3 Å². The Morgan fingerprint density at radius 3 is 2.90 bits per heavy atom. The fourth-order valence-electron chi connectivity index (χ4n) is 2.33. The van der Waals surface area contributed by atoms with Crippen molar-refractivity contribution in [2.75, 3.05) is 27.2 Å². The van der Waals surface area contributed by atoms with Crippen molar-refractivity contribution >= 4 is 27.3 Å². The van der Waals surface area contributed by atoms with Crippen molar-refractivity contribution in [1.82, 2.24) is 14.8 Å². The van der Waals surface area contributed by atoms with E-state index in [2.05, 4.69) is 27.2 Å². The van der Waals surface area contributed by atoms with Crippen LogP contribution in [0.3, 0.4) is 0 Å². The third-order valence-corrected chi connectivity index (χ3v) is 4.69. The lowest BCUT2D eigenvalue weighted by Crippen LogP contribution is -2.26. The number of nitrogens with one attached hydrogen (secondary N) is 1. The number of aromatic nitrogens is 1. The molecule has 0 bridgehead atoms. The molecule has 1 N–H and O–H groups in total. The molecule has 1 aliphatic rings. The summed E-state index contributed by atoms with van der Waals surface area (Å²) in [6, 6.07) is 2.72. The molecule has 2 heterocycles. The molecule has 0 unspecified atom stereocenters. The normalized spacial score (nSPS) is 15.2. The lowest BCUT2D eigenvalue weighted by atomic mass is 10.3. The first-order chi connectivity index (χ1) is 9.63. The number of fused-ring (bicyclic) bond motifs is 1. The van der Waals surface area contributed by atoms with Crippen molar-refractivity contribution in [3.05, 3.63) is 23.3 Å². The zero-order valence-corrected chi connectivity index (χ0v) is 12.9. The number of rotatable bonds is 6. The van der Waals surface area contributed by atoms with Gasteiger partial charge in [0.1, 0.15) is 0 Å². The second kappa shape index (κ2) is 5.58. The van der Waals surface area contributed by atoms with Crippen LogP contribution < -0.4 is 5.32 Å². The van der Waals surface area contributed by atoms with Gasteiger partial charge in [0.2, 0.25) is 0 Å². The van der Waals surface area contributed by atoms with Crippen LogP contribution in [0.1, 0.15) is 35.0 Å². The van der Waals surface area contributed by atoms with E-state index in [1.807, 2.05) is 20.2 Å². The number of hydrogen-bond donors (Lipinski definition) is 1. The van der Waals surface area contributed by atoms with Crippen LogP contribution in [0.2, 0.25) is 0 Å². The SMILES string of the molecule is CN(C)CCCNC(=O)c1cc2cn(C3CC3)cc2s1. The first-order valence-corrected chi connectivity index (χ1v) is 7.99. The topological polar surface area (TPSA) is 37.3 Å². The van der Waals surface area contributed by atoms with Gasteiger partial charge in [0.05, 0.1) is 9.58 Å². The van der Waals surface area contributed by atoms with Gasteiger partial charge in [0.15, 0.2) is 0 Å². The summed E-state index contributed by atoms with van der Waals surface area (Å²) >= 11 is 1.59. The highest BCUT2D eigenvalue weighted by molar-refractivity contribution is 7.20. The van der Waals surface area contributed by atoms with Crippen LogP contribution in [0.15, 0.2) is 18.5 Å². The van der Waals surface area contributed by atoms with Gasteiger partial charge >= 0.3 is 0 Å². The smallest absolute Gasteiger partial charge is 0.261 e. The molecular formula is C15H21N3OS. The zero-order valence-electron chi connectivity index (χ0n) is 12.1. The molecule has 5 heteroatoms. The summed E-state index contributed by atoms with van der Waals surface area (Å²) in [7, 11) is 4.09. The lowest BCUT2D eigenvalue weighted by Gasteiger charge is -2.09. The minimum absolute atomic E-state index is 0.0583. The van der Waals surface area contributed by atoms with E-state index in [1.165, 1.54) is 22.9 Å². The number of hydrogen-bond acceptors (Lipinski definition) is 3. The standard InChI is InChI=1S/C15H21N3OS/c1-17(2)7-3-6-16-15(19)13-8-11-9-18(12-4-5-12)10-14(11)20-13/h8-10,12H,3-7H2,1-2H3,(H,16,19). The van der Waals surface area contributed by atoms with Crippen molar-refractivity contribution in [2.24, 2.45) is 0 Å². The van der Waals surface area contributed by atoms with Gasteiger partial charge < -0.3 is 14.8 Å². The highest BCUT2D eigenvalue weighted by Gasteiger charge is 2.23. The Morgan fingerprint density at radius 2 is 2.25 bits per heavy atom. The molecule has 1 saturated carbocycles. The lowest BCUT2D eigenvalue weighted by molar-refractivity contribution is 0.0956. The quantitative estimate of drug-likeness (QED) is 0.831. The fourth-order valence-corrected chi connectivity index (χ4v) is 3.33. The summed E-state index contributed by atoms with van der Waals surface area (Å²) < 4.78 is 3.51. The maximum absolute atomic E-state index is 12.1. The number of carbonyl (C=O) groups excluding carboxylic acids is 1. The van der Waals surface area contributed by atoms with E-state index in [0.717, 1.165) is 24.4 Å². The molecule has 0 spiro atoms. The van der Waals surface area contributed by atoms with E-state index in [1.54, 1.807) is 11.3 Å².